The molecule has 0 radical (unpaired) electrons. The first-order valence-electron chi connectivity index (χ1n) is 7.41. The third-order valence-electron chi connectivity index (χ3n) is 3.80. The molecule has 0 saturated carbocycles. The second-order valence-corrected chi connectivity index (χ2v) is 5.54. The lowest BCUT2D eigenvalue weighted by atomic mass is 10.1. The van der Waals surface area contributed by atoms with Gasteiger partial charge in [0.25, 0.3) is 0 Å². The van der Waals surface area contributed by atoms with E-state index in [9.17, 15) is 0 Å². The molecule has 2 atom stereocenters. The molecule has 1 aliphatic heterocycles. The van der Waals surface area contributed by atoms with Gasteiger partial charge in [-0.25, -0.2) is 0 Å². The van der Waals surface area contributed by atoms with E-state index >= 15 is 0 Å². The van der Waals surface area contributed by atoms with Crippen LogP contribution in [0.1, 0.15) is 24.1 Å². The Labute approximate surface area is 125 Å². The van der Waals surface area contributed by atoms with E-state index in [1.165, 1.54) is 11.1 Å². The van der Waals surface area contributed by atoms with Gasteiger partial charge < -0.3 is 14.8 Å². The normalized spacial score (nSPS) is 18.3. The highest BCUT2D eigenvalue weighted by molar-refractivity contribution is 5.40. The molecule has 110 valence electrons. The quantitative estimate of drug-likeness (QED) is 0.931. The molecular formula is C18H21NO2. The molecule has 0 aromatic heterocycles. The highest BCUT2D eigenvalue weighted by Crippen LogP contribution is 2.30. The van der Waals surface area contributed by atoms with Crippen LogP contribution in [0, 0.1) is 6.92 Å². The number of benzene rings is 2. The van der Waals surface area contributed by atoms with Gasteiger partial charge in [0.05, 0.1) is 0 Å². The number of rotatable bonds is 4. The van der Waals surface area contributed by atoms with E-state index in [4.69, 9.17) is 9.47 Å². The van der Waals surface area contributed by atoms with Crippen molar-refractivity contribution in [1.29, 1.82) is 0 Å². The highest BCUT2D eigenvalue weighted by atomic mass is 16.6. The van der Waals surface area contributed by atoms with Crippen molar-refractivity contribution < 1.29 is 9.47 Å². The Hall–Kier alpha value is -2.00. The van der Waals surface area contributed by atoms with E-state index in [2.05, 4.69) is 43.4 Å². The Morgan fingerprint density at radius 1 is 1.10 bits per heavy atom. The molecule has 0 bridgehead atoms. The van der Waals surface area contributed by atoms with Crippen molar-refractivity contribution >= 4 is 0 Å². The van der Waals surface area contributed by atoms with Crippen molar-refractivity contribution in [1.82, 2.24) is 5.32 Å². The Balaban J connectivity index is 1.55. The molecule has 2 unspecified atom stereocenters. The minimum atomic E-state index is 0.0489. The number of nitrogens with one attached hydrogen (secondary N) is 1. The summed E-state index contributed by atoms with van der Waals surface area (Å²) in [5.41, 5.74) is 2.57. The average molecular weight is 283 g/mol. The lowest BCUT2D eigenvalue weighted by Gasteiger charge is -2.27. The number of aryl methyl sites for hydroxylation is 1. The zero-order chi connectivity index (χ0) is 14.7. The summed E-state index contributed by atoms with van der Waals surface area (Å²) in [6, 6.07) is 16.7. The van der Waals surface area contributed by atoms with Gasteiger partial charge in [0.2, 0.25) is 0 Å². The minimum Gasteiger partial charge on any atom is -0.486 e. The van der Waals surface area contributed by atoms with Crippen LogP contribution in [-0.4, -0.2) is 19.3 Å². The Kier molecular flexibility index (Phi) is 4.11. The van der Waals surface area contributed by atoms with Crippen LogP contribution in [0.15, 0.2) is 48.5 Å². The number of para-hydroxylation sites is 2. The zero-order valence-electron chi connectivity index (χ0n) is 12.5. The van der Waals surface area contributed by atoms with Crippen LogP contribution < -0.4 is 14.8 Å². The largest absolute Gasteiger partial charge is 0.486 e. The van der Waals surface area contributed by atoms with Crippen LogP contribution in [0.3, 0.4) is 0 Å². The summed E-state index contributed by atoms with van der Waals surface area (Å²) in [7, 11) is 0. The number of hydrogen-bond acceptors (Lipinski definition) is 3. The maximum Gasteiger partial charge on any atom is 0.161 e. The van der Waals surface area contributed by atoms with Crippen molar-refractivity contribution in [3.8, 4) is 11.5 Å². The predicted molar refractivity (Wildman–Crippen MR) is 83.9 cm³/mol. The van der Waals surface area contributed by atoms with Gasteiger partial charge in [0, 0.05) is 12.6 Å². The third kappa shape index (κ3) is 3.37. The van der Waals surface area contributed by atoms with E-state index in [0.717, 1.165) is 18.0 Å². The Morgan fingerprint density at radius 3 is 2.57 bits per heavy atom. The van der Waals surface area contributed by atoms with Crippen molar-refractivity contribution in [2.24, 2.45) is 0 Å². The average Bonchev–Trinajstić information content (AvgIpc) is 2.53. The SMILES string of the molecule is Cc1ccc(C(C)NCC2COc3ccccc3O2)cc1. The first-order valence-corrected chi connectivity index (χ1v) is 7.41. The van der Waals surface area contributed by atoms with Crippen LogP contribution in [0.2, 0.25) is 0 Å². The molecule has 1 N–H and O–H groups in total. The molecule has 21 heavy (non-hydrogen) atoms. The van der Waals surface area contributed by atoms with Gasteiger partial charge >= 0.3 is 0 Å². The second-order valence-electron chi connectivity index (χ2n) is 5.54. The number of hydrogen-bond donors (Lipinski definition) is 1. The van der Waals surface area contributed by atoms with Gasteiger partial charge in [-0.1, -0.05) is 42.0 Å². The maximum absolute atomic E-state index is 5.95. The first-order chi connectivity index (χ1) is 10.2. The van der Waals surface area contributed by atoms with E-state index in [-0.39, 0.29) is 6.10 Å². The summed E-state index contributed by atoms with van der Waals surface area (Å²) < 4.78 is 11.7. The van der Waals surface area contributed by atoms with Crippen molar-refractivity contribution in [2.75, 3.05) is 13.2 Å². The molecule has 3 nitrogen and oxygen atoms in total. The topological polar surface area (TPSA) is 30.5 Å². The molecule has 3 rings (SSSR count). The third-order valence-corrected chi connectivity index (χ3v) is 3.80. The summed E-state index contributed by atoms with van der Waals surface area (Å²) in [4.78, 5) is 0. The summed E-state index contributed by atoms with van der Waals surface area (Å²) in [5, 5.41) is 3.51. The monoisotopic (exact) mass is 283 g/mol. The van der Waals surface area contributed by atoms with E-state index in [1.807, 2.05) is 24.3 Å². The maximum atomic E-state index is 5.95. The molecule has 0 aliphatic carbocycles. The first kappa shape index (κ1) is 14.0. The summed E-state index contributed by atoms with van der Waals surface area (Å²) in [5.74, 6) is 1.67. The number of fused-ring (bicyclic) bond motifs is 1. The van der Waals surface area contributed by atoms with Crippen molar-refractivity contribution in [2.45, 2.75) is 26.0 Å². The fourth-order valence-electron chi connectivity index (χ4n) is 2.44. The Morgan fingerprint density at radius 2 is 1.81 bits per heavy atom. The fourth-order valence-corrected chi connectivity index (χ4v) is 2.44. The van der Waals surface area contributed by atoms with Gasteiger partial charge in [0.1, 0.15) is 12.7 Å². The van der Waals surface area contributed by atoms with Crippen LogP contribution in [-0.2, 0) is 0 Å². The summed E-state index contributed by atoms with van der Waals surface area (Å²) >= 11 is 0. The van der Waals surface area contributed by atoms with Gasteiger partial charge in [0.15, 0.2) is 11.5 Å². The summed E-state index contributed by atoms with van der Waals surface area (Å²) in [6.07, 6.45) is 0.0489. The summed E-state index contributed by atoms with van der Waals surface area (Å²) in [6.45, 7) is 5.63. The molecule has 0 fully saturated rings. The molecule has 0 amide bonds. The van der Waals surface area contributed by atoms with Crippen LogP contribution >= 0.6 is 0 Å². The fraction of sp³-hybridized carbons (Fsp3) is 0.333. The van der Waals surface area contributed by atoms with E-state index < -0.39 is 0 Å². The minimum absolute atomic E-state index is 0.0489. The lowest BCUT2D eigenvalue weighted by molar-refractivity contribution is 0.0886. The van der Waals surface area contributed by atoms with Gasteiger partial charge in [-0.2, -0.15) is 0 Å². The number of ether oxygens (including phenoxy) is 2. The zero-order valence-corrected chi connectivity index (χ0v) is 12.5. The molecular weight excluding hydrogens is 262 g/mol. The van der Waals surface area contributed by atoms with Crippen molar-refractivity contribution in [3.05, 3.63) is 59.7 Å². The van der Waals surface area contributed by atoms with Gasteiger partial charge in [-0.15, -0.1) is 0 Å². The molecule has 0 saturated heterocycles. The van der Waals surface area contributed by atoms with E-state index in [1.54, 1.807) is 0 Å². The molecule has 2 aromatic carbocycles. The van der Waals surface area contributed by atoms with E-state index in [0.29, 0.717) is 12.6 Å². The smallest absolute Gasteiger partial charge is 0.161 e. The van der Waals surface area contributed by atoms with Gasteiger partial charge in [-0.05, 0) is 31.5 Å². The molecule has 1 heterocycles. The molecule has 3 heteroatoms. The van der Waals surface area contributed by atoms with Crippen LogP contribution in [0.5, 0.6) is 11.5 Å². The molecule has 2 aromatic rings. The second kappa shape index (κ2) is 6.19. The standard InChI is InChI=1S/C18H21NO2/c1-13-7-9-15(10-8-13)14(2)19-11-16-12-20-17-5-3-4-6-18(17)21-16/h3-10,14,16,19H,11-12H2,1-2H3. The van der Waals surface area contributed by atoms with Crippen LogP contribution in [0.25, 0.3) is 0 Å². The predicted octanol–water partition coefficient (Wildman–Crippen LogP) is 3.49. The highest BCUT2D eigenvalue weighted by Gasteiger charge is 2.20. The Bertz CT molecular complexity index is 594. The lowest BCUT2D eigenvalue weighted by Crippen LogP contribution is -2.39. The van der Waals surface area contributed by atoms with Crippen molar-refractivity contribution in [3.63, 3.8) is 0 Å². The van der Waals surface area contributed by atoms with Gasteiger partial charge in [-0.3, -0.25) is 0 Å². The molecule has 1 aliphatic rings. The molecule has 0 spiro atoms. The van der Waals surface area contributed by atoms with Crippen LogP contribution in [0.4, 0.5) is 0 Å².